The van der Waals surface area contributed by atoms with E-state index >= 15 is 0 Å². The van der Waals surface area contributed by atoms with E-state index < -0.39 is 10.0 Å². The third-order valence-corrected chi connectivity index (χ3v) is 5.33. The Hall–Kier alpha value is -0.910. The Labute approximate surface area is 127 Å². The Morgan fingerprint density at radius 1 is 1.14 bits per heavy atom. The lowest BCUT2D eigenvalue weighted by Crippen LogP contribution is -2.26. The van der Waals surface area contributed by atoms with Crippen LogP contribution in [0.4, 0.5) is 0 Å². The third-order valence-electron chi connectivity index (χ3n) is 3.85. The van der Waals surface area contributed by atoms with Gasteiger partial charge in [0.15, 0.2) is 0 Å². The molecular formula is C16H25NO3S. The number of sulfonamides is 1. The second-order valence-corrected chi connectivity index (χ2v) is 7.46. The molecule has 0 spiro atoms. The van der Waals surface area contributed by atoms with Crippen molar-refractivity contribution in [1.29, 1.82) is 0 Å². The molecule has 1 saturated carbocycles. The maximum atomic E-state index is 12.1. The largest absolute Gasteiger partial charge is 0.378 e. The summed E-state index contributed by atoms with van der Waals surface area (Å²) in [5.74, 6) is 0. The summed E-state index contributed by atoms with van der Waals surface area (Å²) >= 11 is 0. The van der Waals surface area contributed by atoms with E-state index in [2.05, 4.69) is 4.72 Å². The summed E-state index contributed by atoms with van der Waals surface area (Å²) in [6.45, 7) is 2.98. The Morgan fingerprint density at radius 3 is 2.48 bits per heavy atom. The van der Waals surface area contributed by atoms with Crippen molar-refractivity contribution in [3.05, 3.63) is 29.8 Å². The van der Waals surface area contributed by atoms with Crippen molar-refractivity contribution in [3.8, 4) is 0 Å². The SMILES string of the molecule is Cc1ccc(S(=O)(=O)NCCCOC2CCCCC2)cc1. The van der Waals surface area contributed by atoms with Gasteiger partial charge in [-0.3, -0.25) is 0 Å². The molecule has 0 bridgehead atoms. The Morgan fingerprint density at radius 2 is 1.81 bits per heavy atom. The molecule has 1 aromatic carbocycles. The number of hydrogen-bond acceptors (Lipinski definition) is 3. The molecule has 0 amide bonds. The molecular weight excluding hydrogens is 286 g/mol. The van der Waals surface area contributed by atoms with Crippen molar-refractivity contribution in [2.75, 3.05) is 13.2 Å². The quantitative estimate of drug-likeness (QED) is 0.788. The summed E-state index contributed by atoms with van der Waals surface area (Å²) in [6, 6.07) is 6.88. The topological polar surface area (TPSA) is 55.4 Å². The first-order chi connectivity index (χ1) is 10.1. The molecule has 5 heteroatoms. The van der Waals surface area contributed by atoms with E-state index in [4.69, 9.17) is 4.74 Å². The van der Waals surface area contributed by atoms with Crippen LogP contribution >= 0.6 is 0 Å². The maximum Gasteiger partial charge on any atom is 0.240 e. The summed E-state index contributed by atoms with van der Waals surface area (Å²) in [5.41, 5.74) is 1.05. The van der Waals surface area contributed by atoms with Gasteiger partial charge in [-0.1, -0.05) is 37.0 Å². The van der Waals surface area contributed by atoms with Gasteiger partial charge in [0.25, 0.3) is 0 Å². The van der Waals surface area contributed by atoms with Gasteiger partial charge < -0.3 is 4.74 Å². The van der Waals surface area contributed by atoms with Gasteiger partial charge in [0.05, 0.1) is 11.0 Å². The zero-order valence-electron chi connectivity index (χ0n) is 12.7. The van der Waals surface area contributed by atoms with Gasteiger partial charge in [0.1, 0.15) is 0 Å². The Bertz CT molecular complexity index is 519. The fraction of sp³-hybridized carbons (Fsp3) is 0.625. The monoisotopic (exact) mass is 311 g/mol. The molecule has 1 aliphatic carbocycles. The number of ether oxygens (including phenoxy) is 1. The maximum absolute atomic E-state index is 12.1. The van der Waals surface area contributed by atoms with Crippen LogP contribution in [0.2, 0.25) is 0 Å². The molecule has 1 N–H and O–H groups in total. The standard InChI is InChI=1S/C16H25NO3S/c1-14-8-10-16(11-9-14)21(18,19)17-12-5-13-20-15-6-3-2-4-7-15/h8-11,15,17H,2-7,12-13H2,1H3. The first-order valence-electron chi connectivity index (χ1n) is 7.76. The molecule has 0 unspecified atom stereocenters. The number of benzene rings is 1. The van der Waals surface area contributed by atoms with E-state index in [1.54, 1.807) is 24.3 Å². The Kier molecular flexibility index (Phi) is 6.21. The van der Waals surface area contributed by atoms with Gasteiger partial charge in [-0.05, 0) is 38.3 Å². The highest BCUT2D eigenvalue weighted by molar-refractivity contribution is 7.89. The average molecular weight is 311 g/mol. The van der Waals surface area contributed by atoms with E-state index in [1.807, 2.05) is 6.92 Å². The fourth-order valence-electron chi connectivity index (χ4n) is 2.56. The normalized spacial score (nSPS) is 17.0. The number of nitrogens with one attached hydrogen (secondary N) is 1. The minimum atomic E-state index is -3.39. The lowest BCUT2D eigenvalue weighted by atomic mass is 9.98. The highest BCUT2D eigenvalue weighted by Crippen LogP contribution is 2.20. The van der Waals surface area contributed by atoms with Crippen molar-refractivity contribution in [2.45, 2.75) is 56.4 Å². The molecule has 118 valence electrons. The second-order valence-electron chi connectivity index (χ2n) is 5.70. The highest BCUT2D eigenvalue weighted by atomic mass is 32.2. The highest BCUT2D eigenvalue weighted by Gasteiger charge is 2.14. The molecule has 1 aromatic rings. The number of hydrogen-bond donors (Lipinski definition) is 1. The summed E-state index contributed by atoms with van der Waals surface area (Å²) in [6.07, 6.45) is 7.21. The van der Waals surface area contributed by atoms with Crippen LogP contribution in [0.5, 0.6) is 0 Å². The van der Waals surface area contributed by atoms with Crippen LogP contribution in [0.25, 0.3) is 0 Å². The van der Waals surface area contributed by atoms with Crippen LogP contribution in [-0.2, 0) is 14.8 Å². The van der Waals surface area contributed by atoms with Gasteiger partial charge in [-0.2, -0.15) is 0 Å². The lowest BCUT2D eigenvalue weighted by molar-refractivity contribution is 0.0278. The molecule has 0 atom stereocenters. The molecule has 0 saturated heterocycles. The lowest BCUT2D eigenvalue weighted by Gasteiger charge is -2.21. The summed E-state index contributed by atoms with van der Waals surface area (Å²) in [7, 11) is -3.39. The molecule has 0 radical (unpaired) electrons. The zero-order valence-corrected chi connectivity index (χ0v) is 13.5. The van der Waals surface area contributed by atoms with Crippen LogP contribution in [0.1, 0.15) is 44.1 Å². The summed E-state index contributed by atoms with van der Waals surface area (Å²) < 4.78 is 32.5. The van der Waals surface area contributed by atoms with E-state index in [-0.39, 0.29) is 0 Å². The molecule has 0 aromatic heterocycles. The van der Waals surface area contributed by atoms with E-state index in [1.165, 1.54) is 19.3 Å². The van der Waals surface area contributed by atoms with E-state index in [0.29, 0.717) is 30.6 Å². The predicted octanol–water partition coefficient (Wildman–Crippen LogP) is 3.01. The van der Waals surface area contributed by atoms with Gasteiger partial charge >= 0.3 is 0 Å². The van der Waals surface area contributed by atoms with Crippen molar-refractivity contribution < 1.29 is 13.2 Å². The first-order valence-corrected chi connectivity index (χ1v) is 9.24. The van der Waals surface area contributed by atoms with E-state index in [0.717, 1.165) is 18.4 Å². The molecule has 2 rings (SSSR count). The zero-order chi connectivity index (χ0) is 15.1. The van der Waals surface area contributed by atoms with Crippen LogP contribution in [-0.4, -0.2) is 27.7 Å². The fourth-order valence-corrected chi connectivity index (χ4v) is 3.64. The number of rotatable bonds is 7. The van der Waals surface area contributed by atoms with Crippen molar-refractivity contribution >= 4 is 10.0 Å². The second kappa shape index (κ2) is 7.92. The first kappa shape index (κ1) is 16.5. The van der Waals surface area contributed by atoms with Crippen molar-refractivity contribution in [3.63, 3.8) is 0 Å². The molecule has 21 heavy (non-hydrogen) atoms. The molecule has 0 heterocycles. The van der Waals surface area contributed by atoms with Crippen LogP contribution in [0, 0.1) is 6.92 Å². The van der Waals surface area contributed by atoms with E-state index in [9.17, 15) is 8.42 Å². The number of aryl methyl sites for hydroxylation is 1. The molecule has 4 nitrogen and oxygen atoms in total. The van der Waals surface area contributed by atoms with Crippen LogP contribution in [0.3, 0.4) is 0 Å². The Balaban J connectivity index is 1.68. The minimum Gasteiger partial charge on any atom is -0.378 e. The van der Waals surface area contributed by atoms with Gasteiger partial charge in [-0.25, -0.2) is 13.1 Å². The van der Waals surface area contributed by atoms with Gasteiger partial charge in [0, 0.05) is 13.2 Å². The van der Waals surface area contributed by atoms with Crippen molar-refractivity contribution in [2.24, 2.45) is 0 Å². The van der Waals surface area contributed by atoms with Crippen LogP contribution in [0.15, 0.2) is 29.2 Å². The third kappa shape index (κ3) is 5.41. The molecule has 1 fully saturated rings. The molecule has 0 aliphatic heterocycles. The van der Waals surface area contributed by atoms with Crippen molar-refractivity contribution in [1.82, 2.24) is 4.72 Å². The average Bonchev–Trinajstić information content (AvgIpc) is 2.48. The van der Waals surface area contributed by atoms with Gasteiger partial charge in [0.2, 0.25) is 10.0 Å². The predicted molar refractivity (Wildman–Crippen MR) is 83.8 cm³/mol. The minimum absolute atomic E-state index is 0.321. The van der Waals surface area contributed by atoms with Gasteiger partial charge in [-0.15, -0.1) is 0 Å². The summed E-state index contributed by atoms with van der Waals surface area (Å²) in [4.78, 5) is 0.321. The summed E-state index contributed by atoms with van der Waals surface area (Å²) in [5, 5.41) is 0. The smallest absolute Gasteiger partial charge is 0.240 e. The molecule has 1 aliphatic rings. The van der Waals surface area contributed by atoms with Crippen LogP contribution < -0.4 is 4.72 Å².